The zero-order chi connectivity index (χ0) is 24.0. The SMILES string of the molecule is CCOC(=O)C1=C(CC)NC(=O)NC1c1ccc(OCc2c(Cl)cccc2Cl)c(OCC)c1. The Balaban J connectivity index is 1.95. The average Bonchev–Trinajstić information content (AvgIpc) is 2.79. The number of nitrogens with one attached hydrogen (secondary N) is 2. The predicted molar refractivity (Wildman–Crippen MR) is 127 cm³/mol. The number of amides is 2. The number of carbonyl (C=O) groups excluding carboxylic acids is 2. The van der Waals surface area contributed by atoms with Gasteiger partial charge in [0.15, 0.2) is 11.5 Å². The number of ether oxygens (including phenoxy) is 3. The van der Waals surface area contributed by atoms with Gasteiger partial charge in [-0.1, -0.05) is 42.3 Å². The average molecular weight is 493 g/mol. The van der Waals surface area contributed by atoms with Crippen LogP contribution in [0.5, 0.6) is 11.5 Å². The number of halogens is 2. The molecule has 0 radical (unpaired) electrons. The molecular weight excluding hydrogens is 467 g/mol. The molecule has 1 aliphatic rings. The Hall–Kier alpha value is -2.90. The van der Waals surface area contributed by atoms with Crippen LogP contribution >= 0.6 is 23.2 Å². The molecule has 0 aromatic heterocycles. The summed E-state index contributed by atoms with van der Waals surface area (Å²) in [5.41, 5.74) is 2.20. The van der Waals surface area contributed by atoms with E-state index in [0.717, 1.165) is 0 Å². The highest BCUT2D eigenvalue weighted by molar-refractivity contribution is 6.35. The van der Waals surface area contributed by atoms with E-state index in [2.05, 4.69) is 10.6 Å². The van der Waals surface area contributed by atoms with Gasteiger partial charge in [-0.25, -0.2) is 9.59 Å². The Morgan fingerprint density at radius 2 is 1.73 bits per heavy atom. The number of hydrogen-bond donors (Lipinski definition) is 2. The minimum absolute atomic E-state index is 0.149. The van der Waals surface area contributed by atoms with Gasteiger partial charge in [0.25, 0.3) is 0 Å². The van der Waals surface area contributed by atoms with E-state index in [9.17, 15) is 9.59 Å². The van der Waals surface area contributed by atoms with Gasteiger partial charge in [-0.2, -0.15) is 0 Å². The molecule has 2 N–H and O–H groups in total. The largest absolute Gasteiger partial charge is 0.490 e. The van der Waals surface area contributed by atoms with Gasteiger partial charge in [-0.15, -0.1) is 0 Å². The Morgan fingerprint density at radius 3 is 2.36 bits per heavy atom. The van der Waals surface area contributed by atoms with E-state index >= 15 is 0 Å². The first-order valence-electron chi connectivity index (χ1n) is 10.7. The number of esters is 1. The molecule has 1 aliphatic heterocycles. The second kappa shape index (κ2) is 11.3. The zero-order valence-electron chi connectivity index (χ0n) is 18.7. The summed E-state index contributed by atoms with van der Waals surface area (Å²) in [6.45, 7) is 6.22. The van der Waals surface area contributed by atoms with Crippen LogP contribution in [0.15, 0.2) is 47.7 Å². The summed E-state index contributed by atoms with van der Waals surface area (Å²) in [5, 5.41) is 6.52. The van der Waals surface area contributed by atoms with Gasteiger partial charge in [-0.3, -0.25) is 0 Å². The van der Waals surface area contributed by atoms with Crippen molar-refractivity contribution in [2.45, 2.75) is 39.8 Å². The van der Waals surface area contributed by atoms with Crippen LogP contribution in [0.25, 0.3) is 0 Å². The molecule has 0 bridgehead atoms. The summed E-state index contributed by atoms with van der Waals surface area (Å²) in [4.78, 5) is 25.0. The molecule has 0 aliphatic carbocycles. The number of urea groups is 1. The number of hydrogen-bond acceptors (Lipinski definition) is 5. The molecule has 0 saturated carbocycles. The highest BCUT2D eigenvalue weighted by Gasteiger charge is 2.33. The van der Waals surface area contributed by atoms with E-state index < -0.39 is 18.0 Å². The van der Waals surface area contributed by atoms with Gasteiger partial charge in [0.05, 0.1) is 24.8 Å². The van der Waals surface area contributed by atoms with Crippen molar-refractivity contribution in [3.8, 4) is 11.5 Å². The van der Waals surface area contributed by atoms with Gasteiger partial charge in [0, 0.05) is 21.3 Å². The van der Waals surface area contributed by atoms with Crippen molar-refractivity contribution >= 4 is 35.2 Å². The third-order valence-corrected chi connectivity index (χ3v) is 5.75. The van der Waals surface area contributed by atoms with Gasteiger partial charge in [-0.05, 0) is 50.1 Å². The fourth-order valence-electron chi connectivity index (χ4n) is 3.51. The fourth-order valence-corrected chi connectivity index (χ4v) is 4.02. The summed E-state index contributed by atoms with van der Waals surface area (Å²) in [7, 11) is 0. The highest BCUT2D eigenvalue weighted by Crippen LogP contribution is 2.36. The van der Waals surface area contributed by atoms with Crippen molar-refractivity contribution in [3.63, 3.8) is 0 Å². The summed E-state index contributed by atoms with van der Waals surface area (Å²) < 4.78 is 17.0. The van der Waals surface area contributed by atoms with Crippen molar-refractivity contribution in [2.24, 2.45) is 0 Å². The highest BCUT2D eigenvalue weighted by atomic mass is 35.5. The summed E-state index contributed by atoms with van der Waals surface area (Å²) >= 11 is 12.5. The van der Waals surface area contributed by atoms with Gasteiger partial charge in [0.2, 0.25) is 0 Å². The van der Waals surface area contributed by atoms with Crippen LogP contribution < -0.4 is 20.1 Å². The number of rotatable bonds is 9. The van der Waals surface area contributed by atoms with Crippen LogP contribution in [0.2, 0.25) is 10.0 Å². The lowest BCUT2D eigenvalue weighted by atomic mass is 9.94. The van der Waals surface area contributed by atoms with Crippen LogP contribution in [-0.2, 0) is 16.1 Å². The van der Waals surface area contributed by atoms with E-state index in [1.165, 1.54) is 0 Å². The van der Waals surface area contributed by atoms with Crippen LogP contribution in [0.1, 0.15) is 44.4 Å². The van der Waals surface area contributed by atoms with Crippen molar-refractivity contribution < 1.29 is 23.8 Å². The van der Waals surface area contributed by atoms with Crippen LogP contribution in [0.3, 0.4) is 0 Å². The molecule has 1 atom stereocenters. The summed E-state index contributed by atoms with van der Waals surface area (Å²) in [6, 6.07) is 9.41. The molecule has 2 aromatic carbocycles. The Labute approximate surface area is 203 Å². The molecule has 33 heavy (non-hydrogen) atoms. The topological polar surface area (TPSA) is 85.9 Å². The Kier molecular flexibility index (Phi) is 8.47. The molecule has 0 spiro atoms. The van der Waals surface area contributed by atoms with Gasteiger partial charge < -0.3 is 24.8 Å². The Morgan fingerprint density at radius 1 is 1.00 bits per heavy atom. The lowest BCUT2D eigenvalue weighted by Gasteiger charge is -2.29. The van der Waals surface area contributed by atoms with Crippen molar-refractivity contribution in [1.29, 1.82) is 0 Å². The van der Waals surface area contributed by atoms with E-state index in [1.54, 1.807) is 43.3 Å². The summed E-state index contributed by atoms with van der Waals surface area (Å²) in [5.74, 6) is 0.458. The smallest absolute Gasteiger partial charge is 0.338 e. The lowest BCUT2D eigenvalue weighted by Crippen LogP contribution is -2.45. The van der Waals surface area contributed by atoms with Crippen LogP contribution in [0.4, 0.5) is 4.79 Å². The maximum Gasteiger partial charge on any atom is 0.338 e. The van der Waals surface area contributed by atoms with E-state index in [4.69, 9.17) is 37.4 Å². The zero-order valence-corrected chi connectivity index (χ0v) is 20.2. The van der Waals surface area contributed by atoms with Gasteiger partial charge >= 0.3 is 12.0 Å². The minimum atomic E-state index is -0.695. The van der Waals surface area contributed by atoms with Crippen molar-refractivity contribution in [1.82, 2.24) is 10.6 Å². The molecule has 1 unspecified atom stereocenters. The first-order valence-corrected chi connectivity index (χ1v) is 11.4. The molecule has 2 amide bonds. The van der Waals surface area contributed by atoms with Crippen LogP contribution in [-0.4, -0.2) is 25.2 Å². The summed E-state index contributed by atoms with van der Waals surface area (Å²) in [6.07, 6.45) is 0.468. The quantitative estimate of drug-likeness (QED) is 0.448. The van der Waals surface area contributed by atoms with E-state index in [1.807, 2.05) is 13.8 Å². The number of benzene rings is 2. The first-order chi connectivity index (χ1) is 15.9. The predicted octanol–water partition coefficient (Wildman–Crippen LogP) is 5.55. The maximum atomic E-state index is 12.7. The van der Waals surface area contributed by atoms with Crippen molar-refractivity contribution in [3.05, 3.63) is 68.8 Å². The number of carbonyl (C=O) groups is 2. The molecule has 7 nitrogen and oxygen atoms in total. The third kappa shape index (κ3) is 5.72. The molecule has 2 aromatic rings. The molecule has 3 rings (SSSR count). The number of allylic oxidation sites excluding steroid dienone is 1. The van der Waals surface area contributed by atoms with Crippen LogP contribution in [0, 0.1) is 0 Å². The molecular formula is C24H26Cl2N2O5. The normalized spacial score (nSPS) is 15.5. The standard InChI is InChI=1S/C24H26Cl2N2O5/c1-4-18-21(23(29)32-6-3)22(28-24(30)27-18)14-10-11-19(20(12-14)31-5-2)33-13-15-16(25)8-7-9-17(15)26/h7-12,22H,4-6,13H2,1-3H3,(H2,27,28,30). The van der Waals surface area contributed by atoms with Crippen molar-refractivity contribution in [2.75, 3.05) is 13.2 Å². The lowest BCUT2D eigenvalue weighted by molar-refractivity contribution is -0.139. The van der Waals surface area contributed by atoms with Gasteiger partial charge in [0.1, 0.15) is 6.61 Å². The second-order valence-electron chi connectivity index (χ2n) is 7.13. The third-order valence-electron chi connectivity index (χ3n) is 5.04. The second-order valence-corrected chi connectivity index (χ2v) is 7.94. The minimum Gasteiger partial charge on any atom is -0.490 e. The monoisotopic (exact) mass is 492 g/mol. The fraction of sp³-hybridized carbons (Fsp3) is 0.333. The van der Waals surface area contributed by atoms with E-state index in [-0.39, 0.29) is 13.2 Å². The molecule has 0 saturated heterocycles. The molecule has 176 valence electrons. The molecule has 9 heteroatoms. The Bertz CT molecular complexity index is 1050. The molecule has 0 fully saturated rings. The van der Waals surface area contributed by atoms with E-state index in [0.29, 0.717) is 57.0 Å². The maximum absolute atomic E-state index is 12.7. The molecule has 1 heterocycles. The first kappa shape index (κ1) is 24.7.